The fourth-order valence-electron chi connectivity index (χ4n) is 1.65. The molecule has 0 spiro atoms. The van der Waals surface area contributed by atoms with Crippen LogP contribution in [-0.4, -0.2) is 18.6 Å². The third-order valence-corrected chi connectivity index (χ3v) is 3.83. The lowest BCUT2D eigenvalue weighted by atomic mass is 10.3. The minimum absolute atomic E-state index is 0.768. The molecule has 0 aliphatic heterocycles. The number of anilines is 1. The third-order valence-electron chi connectivity index (χ3n) is 2.54. The van der Waals surface area contributed by atoms with Crippen LogP contribution in [0.2, 0.25) is 4.34 Å². The highest BCUT2D eigenvalue weighted by molar-refractivity contribution is 7.16. The van der Waals surface area contributed by atoms with E-state index in [-0.39, 0.29) is 0 Å². The quantitative estimate of drug-likeness (QED) is 0.906. The second kappa shape index (κ2) is 6.07. The van der Waals surface area contributed by atoms with Gasteiger partial charge in [-0.3, -0.25) is 4.98 Å². The van der Waals surface area contributed by atoms with Gasteiger partial charge in [0.2, 0.25) is 0 Å². The maximum absolute atomic E-state index is 5.89. The summed E-state index contributed by atoms with van der Waals surface area (Å²) in [6.45, 7) is 2.81. The lowest BCUT2D eigenvalue weighted by molar-refractivity contribution is 0.414. The fourth-order valence-corrected chi connectivity index (χ4v) is 2.74. The Morgan fingerprint density at radius 2 is 2.28 bits per heavy atom. The van der Waals surface area contributed by atoms with Crippen molar-refractivity contribution in [2.75, 3.05) is 19.0 Å². The summed E-state index contributed by atoms with van der Waals surface area (Å²) in [6, 6.07) is 5.97. The number of hydrogen-bond acceptors (Lipinski definition) is 4. The predicted molar refractivity (Wildman–Crippen MR) is 77.0 cm³/mol. The Hall–Kier alpha value is -1.26. The van der Waals surface area contributed by atoms with Crippen LogP contribution < -0.4 is 10.1 Å². The van der Waals surface area contributed by atoms with Crippen molar-refractivity contribution in [1.29, 1.82) is 0 Å². The van der Waals surface area contributed by atoms with Crippen molar-refractivity contribution in [3.05, 3.63) is 39.3 Å². The molecule has 3 nitrogen and oxygen atoms in total. The highest BCUT2D eigenvalue weighted by Crippen LogP contribution is 2.24. The highest BCUT2D eigenvalue weighted by Gasteiger charge is 2.04. The number of pyridine rings is 1. The number of aryl methyl sites for hydroxylation is 1. The van der Waals surface area contributed by atoms with E-state index in [2.05, 4.69) is 16.4 Å². The van der Waals surface area contributed by atoms with Gasteiger partial charge in [-0.1, -0.05) is 11.6 Å². The van der Waals surface area contributed by atoms with Crippen molar-refractivity contribution in [2.24, 2.45) is 0 Å². The zero-order chi connectivity index (χ0) is 13.0. The van der Waals surface area contributed by atoms with E-state index in [0.717, 1.165) is 34.4 Å². The summed E-state index contributed by atoms with van der Waals surface area (Å²) in [7, 11) is 1.65. The molecule has 0 amide bonds. The summed E-state index contributed by atoms with van der Waals surface area (Å²) in [4.78, 5) is 5.48. The zero-order valence-corrected chi connectivity index (χ0v) is 11.9. The standard InChI is InChI=1S/C13H15ClN2OS/c1-9-7-11(12(17-2)8-16-9)15-6-5-10-3-4-13(14)18-10/h3-4,7-8H,5-6H2,1-2H3,(H,15,16). The molecule has 0 unspecified atom stereocenters. The van der Waals surface area contributed by atoms with Crippen LogP contribution in [0.4, 0.5) is 5.69 Å². The molecule has 0 saturated carbocycles. The number of aromatic nitrogens is 1. The van der Waals surface area contributed by atoms with Crippen LogP contribution in [0, 0.1) is 6.92 Å². The summed E-state index contributed by atoms with van der Waals surface area (Å²) in [5.74, 6) is 0.768. The van der Waals surface area contributed by atoms with E-state index < -0.39 is 0 Å². The average molecular weight is 283 g/mol. The van der Waals surface area contributed by atoms with Gasteiger partial charge in [-0.25, -0.2) is 0 Å². The minimum Gasteiger partial charge on any atom is -0.493 e. The molecule has 2 rings (SSSR count). The van der Waals surface area contributed by atoms with Gasteiger partial charge < -0.3 is 10.1 Å². The molecule has 18 heavy (non-hydrogen) atoms. The van der Waals surface area contributed by atoms with E-state index >= 15 is 0 Å². The van der Waals surface area contributed by atoms with Gasteiger partial charge >= 0.3 is 0 Å². The van der Waals surface area contributed by atoms with Crippen molar-refractivity contribution in [3.63, 3.8) is 0 Å². The molecule has 0 bridgehead atoms. The smallest absolute Gasteiger partial charge is 0.160 e. The van der Waals surface area contributed by atoms with Gasteiger partial charge in [-0.05, 0) is 31.5 Å². The van der Waals surface area contributed by atoms with Crippen LogP contribution in [-0.2, 0) is 6.42 Å². The van der Waals surface area contributed by atoms with Gasteiger partial charge in [0.15, 0.2) is 5.75 Å². The normalized spacial score (nSPS) is 10.4. The number of nitrogens with zero attached hydrogens (tertiary/aromatic N) is 1. The number of ether oxygens (including phenoxy) is 1. The van der Waals surface area contributed by atoms with Crippen LogP contribution in [0.15, 0.2) is 24.4 Å². The van der Waals surface area contributed by atoms with Gasteiger partial charge in [0.05, 0.1) is 23.3 Å². The Morgan fingerprint density at radius 1 is 1.44 bits per heavy atom. The Labute approximate surface area is 116 Å². The van der Waals surface area contributed by atoms with Crippen LogP contribution in [0.3, 0.4) is 0 Å². The Kier molecular flexibility index (Phi) is 4.44. The highest BCUT2D eigenvalue weighted by atomic mass is 35.5. The van der Waals surface area contributed by atoms with Crippen LogP contribution >= 0.6 is 22.9 Å². The Balaban J connectivity index is 1.95. The molecular weight excluding hydrogens is 268 g/mol. The maximum Gasteiger partial charge on any atom is 0.160 e. The second-order valence-corrected chi connectivity index (χ2v) is 5.71. The molecular formula is C13H15ClN2OS. The van der Waals surface area contributed by atoms with Gasteiger partial charge in [0, 0.05) is 17.1 Å². The predicted octanol–water partition coefficient (Wildman–Crippen LogP) is 3.77. The lowest BCUT2D eigenvalue weighted by Gasteiger charge is -2.10. The molecule has 5 heteroatoms. The largest absolute Gasteiger partial charge is 0.493 e. The van der Waals surface area contributed by atoms with Crippen molar-refractivity contribution >= 4 is 28.6 Å². The number of halogens is 1. The molecule has 0 atom stereocenters. The van der Waals surface area contributed by atoms with E-state index in [1.807, 2.05) is 19.1 Å². The molecule has 0 radical (unpaired) electrons. The molecule has 2 aromatic rings. The van der Waals surface area contributed by atoms with Crippen molar-refractivity contribution < 1.29 is 4.74 Å². The monoisotopic (exact) mass is 282 g/mol. The second-order valence-electron chi connectivity index (χ2n) is 3.91. The molecule has 0 aliphatic rings. The van der Waals surface area contributed by atoms with E-state index in [4.69, 9.17) is 16.3 Å². The van der Waals surface area contributed by atoms with Gasteiger partial charge in [0.1, 0.15) is 0 Å². The molecule has 0 aliphatic carbocycles. The van der Waals surface area contributed by atoms with E-state index in [0.29, 0.717) is 0 Å². The summed E-state index contributed by atoms with van der Waals surface area (Å²) >= 11 is 7.51. The van der Waals surface area contributed by atoms with Crippen molar-refractivity contribution in [2.45, 2.75) is 13.3 Å². The number of nitrogens with one attached hydrogen (secondary N) is 1. The molecule has 96 valence electrons. The molecule has 2 heterocycles. The van der Waals surface area contributed by atoms with Crippen molar-refractivity contribution in [3.8, 4) is 5.75 Å². The summed E-state index contributed by atoms with van der Waals surface area (Å²) in [5.41, 5.74) is 1.95. The van der Waals surface area contributed by atoms with E-state index in [9.17, 15) is 0 Å². The van der Waals surface area contributed by atoms with Crippen LogP contribution in [0.1, 0.15) is 10.6 Å². The van der Waals surface area contributed by atoms with Crippen LogP contribution in [0.25, 0.3) is 0 Å². The Bertz CT molecular complexity index is 527. The first-order valence-electron chi connectivity index (χ1n) is 5.68. The zero-order valence-electron chi connectivity index (χ0n) is 10.4. The number of thiophene rings is 1. The van der Waals surface area contributed by atoms with Crippen molar-refractivity contribution in [1.82, 2.24) is 4.98 Å². The third kappa shape index (κ3) is 3.37. The summed E-state index contributed by atoms with van der Waals surface area (Å²) in [6.07, 6.45) is 2.68. The van der Waals surface area contributed by atoms with Crippen LogP contribution in [0.5, 0.6) is 5.75 Å². The lowest BCUT2D eigenvalue weighted by Crippen LogP contribution is -2.06. The van der Waals surface area contributed by atoms with Gasteiger partial charge in [0.25, 0.3) is 0 Å². The summed E-state index contributed by atoms with van der Waals surface area (Å²) in [5, 5.41) is 3.36. The topological polar surface area (TPSA) is 34.1 Å². The SMILES string of the molecule is COc1cnc(C)cc1NCCc1ccc(Cl)s1. The van der Waals surface area contributed by atoms with E-state index in [1.165, 1.54) is 4.88 Å². The molecule has 1 N–H and O–H groups in total. The molecule has 0 fully saturated rings. The first-order chi connectivity index (χ1) is 8.69. The Morgan fingerprint density at radius 3 is 2.94 bits per heavy atom. The van der Waals surface area contributed by atoms with Gasteiger partial charge in [-0.2, -0.15) is 0 Å². The maximum atomic E-state index is 5.89. The fraction of sp³-hybridized carbons (Fsp3) is 0.308. The average Bonchev–Trinajstić information content (AvgIpc) is 2.75. The summed E-state index contributed by atoms with van der Waals surface area (Å²) < 4.78 is 6.10. The first kappa shape index (κ1) is 13.2. The number of rotatable bonds is 5. The van der Waals surface area contributed by atoms with E-state index in [1.54, 1.807) is 24.6 Å². The minimum atomic E-state index is 0.768. The molecule has 0 saturated heterocycles. The molecule has 2 aromatic heterocycles. The molecule has 0 aromatic carbocycles. The number of hydrogen-bond donors (Lipinski definition) is 1. The van der Waals surface area contributed by atoms with Gasteiger partial charge in [-0.15, -0.1) is 11.3 Å². The number of methoxy groups -OCH3 is 1. The first-order valence-corrected chi connectivity index (χ1v) is 6.87.